The summed E-state index contributed by atoms with van der Waals surface area (Å²) in [4.78, 5) is 16.8. The molecule has 1 heterocycles. The van der Waals surface area contributed by atoms with Crippen LogP contribution in [-0.2, 0) is 0 Å². The van der Waals surface area contributed by atoms with E-state index in [-0.39, 0.29) is 11.7 Å². The van der Waals surface area contributed by atoms with Crippen molar-refractivity contribution in [1.82, 2.24) is 4.98 Å². The first-order valence-electron chi connectivity index (χ1n) is 7.82. The van der Waals surface area contributed by atoms with E-state index in [4.69, 9.17) is 11.6 Å². The Morgan fingerprint density at radius 2 is 1.81 bits per heavy atom. The molecule has 4 rings (SSSR count). The molecule has 0 aliphatic carbocycles. The molecule has 0 aliphatic heterocycles. The van der Waals surface area contributed by atoms with Gasteiger partial charge in [0.1, 0.15) is 10.8 Å². The summed E-state index contributed by atoms with van der Waals surface area (Å²) in [6.07, 6.45) is 0. The van der Waals surface area contributed by atoms with Crippen molar-refractivity contribution < 1.29 is 9.18 Å². The molecule has 1 N–H and O–H groups in total. The average Bonchev–Trinajstić information content (AvgIpc) is 3.06. The Kier molecular flexibility index (Phi) is 4.41. The van der Waals surface area contributed by atoms with Crippen molar-refractivity contribution in [3.8, 4) is 10.6 Å². The normalized spacial score (nSPS) is 10.8. The van der Waals surface area contributed by atoms with Crippen LogP contribution in [0.3, 0.4) is 0 Å². The van der Waals surface area contributed by atoms with E-state index in [1.165, 1.54) is 24.3 Å². The minimum atomic E-state index is -0.384. The van der Waals surface area contributed by atoms with Crippen molar-refractivity contribution in [3.63, 3.8) is 0 Å². The summed E-state index contributed by atoms with van der Waals surface area (Å²) < 4.78 is 14.0. The molecule has 0 fully saturated rings. The van der Waals surface area contributed by atoms with Gasteiger partial charge in [0, 0.05) is 16.8 Å². The van der Waals surface area contributed by atoms with Crippen LogP contribution in [0.4, 0.5) is 10.1 Å². The van der Waals surface area contributed by atoms with Gasteiger partial charge in [-0.1, -0.05) is 23.7 Å². The first-order chi connectivity index (χ1) is 12.6. The zero-order chi connectivity index (χ0) is 18.1. The Bertz CT molecular complexity index is 1080. The lowest BCUT2D eigenvalue weighted by molar-refractivity contribution is 0.102. The quantitative estimate of drug-likeness (QED) is 0.471. The lowest BCUT2D eigenvalue weighted by atomic mass is 10.2. The minimum Gasteiger partial charge on any atom is -0.322 e. The molecular formula is C20H12ClFN2OS. The van der Waals surface area contributed by atoms with Gasteiger partial charge in [0.2, 0.25) is 0 Å². The van der Waals surface area contributed by atoms with E-state index in [0.29, 0.717) is 16.3 Å². The van der Waals surface area contributed by atoms with Gasteiger partial charge in [0.15, 0.2) is 0 Å². The molecule has 0 bridgehead atoms. The van der Waals surface area contributed by atoms with Crippen LogP contribution in [-0.4, -0.2) is 10.9 Å². The van der Waals surface area contributed by atoms with Crippen molar-refractivity contribution in [1.29, 1.82) is 0 Å². The van der Waals surface area contributed by atoms with Crippen LogP contribution < -0.4 is 5.32 Å². The third-order valence-corrected chi connectivity index (χ3v) is 5.24. The fraction of sp³-hybridized carbons (Fsp3) is 0. The van der Waals surface area contributed by atoms with E-state index in [1.807, 2.05) is 30.3 Å². The van der Waals surface area contributed by atoms with Crippen molar-refractivity contribution in [2.75, 3.05) is 5.32 Å². The number of nitrogens with one attached hydrogen (secondary N) is 1. The highest BCUT2D eigenvalue weighted by Gasteiger charge is 2.12. The van der Waals surface area contributed by atoms with Crippen LogP contribution in [0.2, 0.25) is 5.02 Å². The molecule has 26 heavy (non-hydrogen) atoms. The van der Waals surface area contributed by atoms with E-state index in [2.05, 4.69) is 10.3 Å². The number of carbonyl (C=O) groups is 1. The number of halogens is 2. The number of anilines is 1. The fourth-order valence-corrected chi connectivity index (χ4v) is 3.89. The summed E-state index contributed by atoms with van der Waals surface area (Å²) in [7, 11) is 0. The maximum absolute atomic E-state index is 13.0. The molecular weight excluding hydrogens is 371 g/mol. The molecule has 3 aromatic carbocycles. The van der Waals surface area contributed by atoms with Gasteiger partial charge in [0.05, 0.1) is 15.2 Å². The molecule has 128 valence electrons. The van der Waals surface area contributed by atoms with Crippen molar-refractivity contribution in [2.24, 2.45) is 0 Å². The van der Waals surface area contributed by atoms with Crippen LogP contribution >= 0.6 is 22.9 Å². The number of thiazole rings is 1. The topological polar surface area (TPSA) is 42.0 Å². The van der Waals surface area contributed by atoms with Gasteiger partial charge in [-0.3, -0.25) is 4.79 Å². The van der Waals surface area contributed by atoms with Gasteiger partial charge in [-0.25, -0.2) is 9.37 Å². The van der Waals surface area contributed by atoms with E-state index in [9.17, 15) is 9.18 Å². The lowest BCUT2D eigenvalue weighted by Crippen LogP contribution is -2.11. The molecule has 1 aromatic heterocycles. The van der Waals surface area contributed by atoms with E-state index < -0.39 is 0 Å². The van der Waals surface area contributed by atoms with Crippen molar-refractivity contribution in [2.45, 2.75) is 0 Å². The van der Waals surface area contributed by atoms with E-state index in [1.54, 1.807) is 23.5 Å². The number of hydrogen-bond acceptors (Lipinski definition) is 3. The number of rotatable bonds is 3. The van der Waals surface area contributed by atoms with Crippen LogP contribution in [0.5, 0.6) is 0 Å². The zero-order valence-corrected chi connectivity index (χ0v) is 14.9. The second-order valence-electron chi connectivity index (χ2n) is 5.64. The zero-order valence-electron chi connectivity index (χ0n) is 13.4. The Morgan fingerprint density at radius 3 is 2.54 bits per heavy atom. The summed E-state index contributed by atoms with van der Waals surface area (Å²) >= 11 is 7.97. The largest absolute Gasteiger partial charge is 0.322 e. The molecule has 6 heteroatoms. The Hall–Kier alpha value is -2.76. The number of amides is 1. The van der Waals surface area contributed by atoms with E-state index >= 15 is 0 Å². The molecule has 1 amide bonds. The summed E-state index contributed by atoms with van der Waals surface area (Å²) in [6, 6.07) is 18.5. The highest BCUT2D eigenvalue weighted by Crippen LogP contribution is 2.35. The van der Waals surface area contributed by atoms with E-state index in [0.717, 1.165) is 20.8 Å². The number of benzene rings is 3. The maximum Gasteiger partial charge on any atom is 0.255 e. The van der Waals surface area contributed by atoms with Crippen molar-refractivity contribution >= 4 is 44.7 Å². The fourth-order valence-electron chi connectivity index (χ4n) is 2.56. The van der Waals surface area contributed by atoms with Gasteiger partial charge in [-0.15, -0.1) is 11.3 Å². The Labute approximate surface area is 158 Å². The third-order valence-electron chi connectivity index (χ3n) is 3.86. The highest BCUT2D eigenvalue weighted by molar-refractivity contribution is 7.21. The number of para-hydroxylation sites is 1. The van der Waals surface area contributed by atoms with Gasteiger partial charge in [-0.05, 0) is 54.6 Å². The predicted octanol–water partition coefficient (Wildman–Crippen LogP) is 6.01. The van der Waals surface area contributed by atoms with Crippen LogP contribution in [0, 0.1) is 5.82 Å². The summed E-state index contributed by atoms with van der Waals surface area (Å²) in [5, 5.41) is 4.09. The highest BCUT2D eigenvalue weighted by atomic mass is 35.5. The van der Waals surface area contributed by atoms with Crippen LogP contribution in [0.25, 0.3) is 20.8 Å². The standard InChI is InChI=1S/C20H12ClFN2OS/c21-16-11-14(23-19(25)12-5-7-13(22)8-6-12)9-10-15(16)20-24-17-3-1-2-4-18(17)26-20/h1-11H,(H,23,25). The summed E-state index contributed by atoms with van der Waals surface area (Å²) in [6.45, 7) is 0. The average molecular weight is 383 g/mol. The number of nitrogens with zero attached hydrogens (tertiary/aromatic N) is 1. The van der Waals surface area contributed by atoms with Crippen LogP contribution in [0.1, 0.15) is 10.4 Å². The number of carbonyl (C=O) groups excluding carboxylic acids is 1. The monoisotopic (exact) mass is 382 g/mol. The van der Waals surface area contributed by atoms with Gasteiger partial charge in [-0.2, -0.15) is 0 Å². The Balaban J connectivity index is 1.59. The number of fused-ring (bicyclic) bond motifs is 1. The molecule has 0 radical (unpaired) electrons. The number of aromatic nitrogens is 1. The molecule has 0 unspecified atom stereocenters. The molecule has 0 aliphatic rings. The Morgan fingerprint density at radius 1 is 1.04 bits per heavy atom. The molecule has 4 aromatic rings. The predicted molar refractivity (Wildman–Crippen MR) is 104 cm³/mol. The SMILES string of the molecule is O=C(Nc1ccc(-c2nc3ccccc3s2)c(Cl)c1)c1ccc(F)cc1. The molecule has 0 atom stereocenters. The maximum atomic E-state index is 13.0. The van der Waals surface area contributed by atoms with Gasteiger partial charge >= 0.3 is 0 Å². The molecule has 0 spiro atoms. The minimum absolute atomic E-state index is 0.325. The lowest BCUT2D eigenvalue weighted by Gasteiger charge is -2.07. The summed E-state index contributed by atoms with van der Waals surface area (Å²) in [5.74, 6) is -0.710. The van der Waals surface area contributed by atoms with Crippen LogP contribution in [0.15, 0.2) is 66.7 Å². The number of hydrogen-bond donors (Lipinski definition) is 1. The van der Waals surface area contributed by atoms with Crippen molar-refractivity contribution in [3.05, 3.63) is 83.1 Å². The second kappa shape index (κ2) is 6.86. The van der Waals surface area contributed by atoms with Gasteiger partial charge < -0.3 is 5.32 Å². The molecule has 0 saturated carbocycles. The third kappa shape index (κ3) is 3.31. The molecule has 0 saturated heterocycles. The first kappa shape index (κ1) is 16.7. The summed E-state index contributed by atoms with van der Waals surface area (Å²) in [5.41, 5.74) is 2.68. The smallest absolute Gasteiger partial charge is 0.255 e. The molecule has 3 nitrogen and oxygen atoms in total. The first-order valence-corrected chi connectivity index (χ1v) is 9.02. The second-order valence-corrected chi connectivity index (χ2v) is 7.08. The van der Waals surface area contributed by atoms with Gasteiger partial charge in [0.25, 0.3) is 5.91 Å².